The Morgan fingerprint density at radius 3 is 2.29 bits per heavy atom. The maximum Gasteiger partial charge on any atom is 0.0474 e. The summed E-state index contributed by atoms with van der Waals surface area (Å²) in [7, 11) is 0. The van der Waals surface area contributed by atoms with Crippen molar-refractivity contribution < 1.29 is 5.11 Å². The lowest BCUT2D eigenvalue weighted by Gasteiger charge is -2.37. The minimum absolute atomic E-state index is 0.353. The van der Waals surface area contributed by atoms with E-state index in [4.69, 9.17) is 0 Å². The van der Waals surface area contributed by atoms with Crippen molar-refractivity contribution in [1.82, 2.24) is 10.2 Å². The Hall–Kier alpha value is -0.120. The molecule has 100 valence electrons. The van der Waals surface area contributed by atoms with E-state index in [-0.39, 0.29) is 0 Å². The fourth-order valence-electron chi connectivity index (χ4n) is 2.89. The molecule has 0 aromatic carbocycles. The average molecular weight is 240 g/mol. The number of aliphatic hydroxyl groups is 1. The third kappa shape index (κ3) is 3.94. The summed E-state index contributed by atoms with van der Waals surface area (Å²) in [5.41, 5.74) is 0. The number of nitrogens with one attached hydrogen (secondary N) is 1. The zero-order valence-corrected chi connectivity index (χ0v) is 11.4. The van der Waals surface area contributed by atoms with Crippen molar-refractivity contribution in [1.29, 1.82) is 0 Å². The Morgan fingerprint density at radius 1 is 1.18 bits per heavy atom. The molecule has 1 saturated carbocycles. The van der Waals surface area contributed by atoms with Crippen LogP contribution >= 0.6 is 0 Å². The first-order chi connectivity index (χ1) is 8.20. The van der Waals surface area contributed by atoms with Gasteiger partial charge in [-0.05, 0) is 64.5 Å². The smallest absolute Gasteiger partial charge is 0.0474 e. The molecule has 1 aliphatic heterocycles. The topological polar surface area (TPSA) is 35.5 Å². The monoisotopic (exact) mass is 240 g/mol. The van der Waals surface area contributed by atoms with Gasteiger partial charge in [0.05, 0.1) is 0 Å². The fourth-order valence-corrected chi connectivity index (χ4v) is 2.89. The number of hydrogen-bond donors (Lipinski definition) is 2. The predicted octanol–water partition coefficient (Wildman–Crippen LogP) is 1.47. The molecule has 2 rings (SSSR count). The predicted molar refractivity (Wildman–Crippen MR) is 71.0 cm³/mol. The van der Waals surface area contributed by atoms with Crippen molar-refractivity contribution in [3.8, 4) is 0 Å². The summed E-state index contributed by atoms with van der Waals surface area (Å²) >= 11 is 0. The van der Waals surface area contributed by atoms with Crippen LogP contribution < -0.4 is 5.32 Å². The highest BCUT2D eigenvalue weighted by Crippen LogP contribution is 2.27. The van der Waals surface area contributed by atoms with Crippen molar-refractivity contribution in [3.63, 3.8) is 0 Å². The summed E-state index contributed by atoms with van der Waals surface area (Å²) in [4.78, 5) is 2.55. The van der Waals surface area contributed by atoms with Crippen LogP contribution in [0.4, 0.5) is 0 Å². The minimum atomic E-state index is 0.353. The van der Waals surface area contributed by atoms with Gasteiger partial charge < -0.3 is 15.3 Å². The molecule has 1 aliphatic carbocycles. The maximum absolute atomic E-state index is 9.53. The minimum Gasteiger partial charge on any atom is -0.396 e. The van der Waals surface area contributed by atoms with Crippen LogP contribution in [0.15, 0.2) is 0 Å². The fraction of sp³-hybridized carbons (Fsp3) is 1.00. The van der Waals surface area contributed by atoms with Gasteiger partial charge in [0.15, 0.2) is 0 Å². The molecule has 3 nitrogen and oxygen atoms in total. The number of hydrogen-bond acceptors (Lipinski definition) is 3. The Morgan fingerprint density at radius 2 is 1.82 bits per heavy atom. The van der Waals surface area contributed by atoms with E-state index < -0.39 is 0 Å². The van der Waals surface area contributed by atoms with Gasteiger partial charge in [0, 0.05) is 25.2 Å². The number of rotatable bonds is 6. The molecule has 2 fully saturated rings. The molecule has 1 heterocycles. The Balaban J connectivity index is 1.72. The average Bonchev–Trinajstić information content (AvgIpc) is 3.14. The van der Waals surface area contributed by atoms with Crippen LogP contribution in [0.2, 0.25) is 0 Å². The summed E-state index contributed by atoms with van der Waals surface area (Å²) in [5, 5.41) is 13.1. The van der Waals surface area contributed by atoms with Crippen molar-refractivity contribution in [2.45, 2.75) is 51.6 Å². The third-order valence-electron chi connectivity index (χ3n) is 4.45. The van der Waals surface area contributed by atoms with Gasteiger partial charge in [-0.3, -0.25) is 0 Å². The van der Waals surface area contributed by atoms with E-state index in [1.165, 1.54) is 38.8 Å². The molecule has 1 atom stereocenters. The van der Waals surface area contributed by atoms with E-state index in [0.29, 0.717) is 18.6 Å². The molecule has 0 radical (unpaired) electrons. The number of piperidine rings is 1. The second-order valence-corrected chi connectivity index (χ2v) is 6.09. The van der Waals surface area contributed by atoms with E-state index in [1.54, 1.807) is 0 Å². The summed E-state index contributed by atoms with van der Waals surface area (Å²) in [6, 6.07) is 1.44. The molecule has 17 heavy (non-hydrogen) atoms. The first kappa shape index (κ1) is 13.3. The van der Waals surface area contributed by atoms with Crippen LogP contribution in [0, 0.1) is 11.8 Å². The molecule has 2 aliphatic rings. The highest BCUT2D eigenvalue weighted by atomic mass is 16.3. The van der Waals surface area contributed by atoms with E-state index in [0.717, 1.165) is 18.5 Å². The van der Waals surface area contributed by atoms with Crippen LogP contribution in [-0.2, 0) is 0 Å². The van der Waals surface area contributed by atoms with Crippen LogP contribution in [0.1, 0.15) is 39.5 Å². The SMILES string of the molecule is CC(C)N1CCC(C(CO)CNC2CC2)CC1. The van der Waals surface area contributed by atoms with E-state index in [2.05, 4.69) is 24.1 Å². The highest BCUT2D eigenvalue weighted by molar-refractivity contribution is 4.85. The largest absolute Gasteiger partial charge is 0.396 e. The van der Waals surface area contributed by atoms with Gasteiger partial charge in [0.25, 0.3) is 0 Å². The quantitative estimate of drug-likeness (QED) is 0.738. The second kappa shape index (κ2) is 6.17. The first-order valence-electron chi connectivity index (χ1n) is 7.29. The summed E-state index contributed by atoms with van der Waals surface area (Å²) in [6.45, 7) is 8.35. The van der Waals surface area contributed by atoms with Crippen molar-refractivity contribution in [2.75, 3.05) is 26.2 Å². The number of nitrogens with zero attached hydrogens (tertiary/aromatic N) is 1. The van der Waals surface area contributed by atoms with Crippen molar-refractivity contribution in [2.24, 2.45) is 11.8 Å². The molecule has 0 spiro atoms. The Labute approximate surface area is 106 Å². The van der Waals surface area contributed by atoms with E-state index >= 15 is 0 Å². The Bertz CT molecular complexity index is 220. The first-order valence-corrected chi connectivity index (χ1v) is 7.29. The van der Waals surface area contributed by atoms with Gasteiger partial charge >= 0.3 is 0 Å². The van der Waals surface area contributed by atoms with Gasteiger partial charge in [0.1, 0.15) is 0 Å². The lowest BCUT2D eigenvalue weighted by Crippen LogP contribution is -2.42. The van der Waals surface area contributed by atoms with Crippen LogP contribution in [-0.4, -0.2) is 48.3 Å². The molecule has 1 unspecified atom stereocenters. The van der Waals surface area contributed by atoms with Crippen molar-refractivity contribution in [3.05, 3.63) is 0 Å². The van der Waals surface area contributed by atoms with Crippen molar-refractivity contribution >= 4 is 0 Å². The Kier molecular flexibility index (Phi) is 4.83. The molecular weight excluding hydrogens is 212 g/mol. The van der Waals surface area contributed by atoms with E-state index in [1.807, 2.05) is 0 Å². The lowest BCUT2D eigenvalue weighted by molar-refractivity contribution is 0.0908. The van der Waals surface area contributed by atoms with Gasteiger partial charge in [-0.15, -0.1) is 0 Å². The maximum atomic E-state index is 9.53. The number of aliphatic hydroxyl groups excluding tert-OH is 1. The second-order valence-electron chi connectivity index (χ2n) is 6.09. The normalized spacial score (nSPS) is 25.4. The summed E-state index contributed by atoms with van der Waals surface area (Å²) in [5.74, 6) is 1.20. The standard InChI is InChI=1S/C14H28N2O/c1-11(2)16-7-5-12(6-8-16)13(10-17)9-15-14-3-4-14/h11-15,17H,3-10H2,1-2H3. The summed E-state index contributed by atoms with van der Waals surface area (Å²) < 4.78 is 0. The molecule has 1 saturated heterocycles. The van der Waals surface area contributed by atoms with Crippen LogP contribution in [0.5, 0.6) is 0 Å². The van der Waals surface area contributed by atoms with E-state index in [9.17, 15) is 5.11 Å². The molecule has 0 bridgehead atoms. The molecule has 3 heteroatoms. The van der Waals surface area contributed by atoms with Crippen LogP contribution in [0.3, 0.4) is 0 Å². The molecule has 0 aromatic heterocycles. The van der Waals surface area contributed by atoms with Gasteiger partial charge in [-0.2, -0.15) is 0 Å². The molecule has 0 amide bonds. The molecular formula is C14H28N2O. The van der Waals surface area contributed by atoms with Gasteiger partial charge in [-0.25, -0.2) is 0 Å². The van der Waals surface area contributed by atoms with Gasteiger partial charge in [0.2, 0.25) is 0 Å². The summed E-state index contributed by atoms with van der Waals surface area (Å²) in [6.07, 6.45) is 5.19. The highest BCUT2D eigenvalue weighted by Gasteiger charge is 2.28. The van der Waals surface area contributed by atoms with Crippen LogP contribution in [0.25, 0.3) is 0 Å². The molecule has 0 aromatic rings. The zero-order chi connectivity index (χ0) is 12.3. The lowest BCUT2D eigenvalue weighted by atomic mass is 9.84. The van der Waals surface area contributed by atoms with Gasteiger partial charge in [-0.1, -0.05) is 0 Å². The number of likely N-dealkylation sites (tertiary alicyclic amines) is 1. The zero-order valence-electron chi connectivity index (χ0n) is 11.4. The third-order valence-corrected chi connectivity index (χ3v) is 4.45. The molecule has 2 N–H and O–H groups in total.